The minimum absolute atomic E-state index is 0.0671. The number of nitrogens with zero attached hydrogens (tertiary/aromatic N) is 6. The van der Waals surface area contributed by atoms with Gasteiger partial charge in [-0.15, -0.1) is 0 Å². The zero-order chi connectivity index (χ0) is 13.7. The lowest BCUT2D eigenvalue weighted by Gasteiger charge is -1.90. The number of nitrogen functional groups attached to an aromatic ring is 2. The quantitative estimate of drug-likeness (QED) is 0.333. The molecule has 0 aliphatic carbocycles. The highest BCUT2D eigenvalue weighted by Gasteiger charge is 2.24. The highest BCUT2D eigenvalue weighted by molar-refractivity contribution is 5.62. The number of nitrogens with one attached hydrogen (secondary N) is 2. The predicted molar refractivity (Wildman–Crippen MR) is 49.2 cm³/mol. The van der Waals surface area contributed by atoms with E-state index in [2.05, 4.69) is 31.1 Å². The van der Waals surface area contributed by atoms with Crippen molar-refractivity contribution in [1.29, 1.82) is 0 Å². The number of carbonyl (C=O) groups excluding carboxylic acids is 1. The Hall–Kier alpha value is -3.32. The lowest BCUT2D eigenvalue weighted by atomic mass is 10.5. The molecular formula is C4H6N10O4. The van der Waals surface area contributed by atoms with Crippen LogP contribution < -0.4 is 21.7 Å². The molecule has 0 unspecified atom stereocenters. The van der Waals surface area contributed by atoms with Crippen molar-refractivity contribution in [3.63, 3.8) is 0 Å². The minimum Gasteiger partial charge on any atom is -0.527 e. The van der Waals surface area contributed by atoms with Gasteiger partial charge in [-0.1, -0.05) is 4.80 Å². The number of carboxylic acid groups (broad SMARTS) is 1. The summed E-state index contributed by atoms with van der Waals surface area (Å²) in [6.45, 7) is 0. The van der Waals surface area contributed by atoms with E-state index in [9.17, 15) is 20.0 Å². The SMILES string of the molecule is Nc1[nH][nH+]c(N)c1[N+](=O)[O-].O=C([O-])n1nnnn1. The second kappa shape index (κ2) is 5.14. The fourth-order valence-corrected chi connectivity index (χ4v) is 0.797. The van der Waals surface area contributed by atoms with Crippen molar-refractivity contribution in [3.05, 3.63) is 10.1 Å². The summed E-state index contributed by atoms with van der Waals surface area (Å²) in [6, 6.07) is 0. The lowest BCUT2D eigenvalue weighted by molar-refractivity contribution is -0.439. The molecule has 18 heavy (non-hydrogen) atoms. The van der Waals surface area contributed by atoms with Gasteiger partial charge in [0.25, 0.3) is 0 Å². The average Bonchev–Trinajstić information content (AvgIpc) is 2.89. The van der Waals surface area contributed by atoms with E-state index in [0.717, 1.165) is 0 Å². The second-order valence-electron chi connectivity index (χ2n) is 2.60. The van der Waals surface area contributed by atoms with Crippen LogP contribution in [0.25, 0.3) is 0 Å². The van der Waals surface area contributed by atoms with Gasteiger partial charge in [-0.2, -0.15) is 5.10 Å². The van der Waals surface area contributed by atoms with E-state index < -0.39 is 11.0 Å². The first-order valence-corrected chi connectivity index (χ1v) is 4.05. The fraction of sp³-hybridized carbons (Fsp3) is 0. The molecular weight excluding hydrogens is 252 g/mol. The molecule has 0 amide bonds. The Morgan fingerprint density at radius 2 is 1.94 bits per heavy atom. The maximum absolute atomic E-state index is 10.1. The third-order valence-electron chi connectivity index (χ3n) is 1.48. The Morgan fingerprint density at radius 1 is 1.39 bits per heavy atom. The molecule has 14 nitrogen and oxygen atoms in total. The first kappa shape index (κ1) is 12.7. The van der Waals surface area contributed by atoms with Crippen molar-refractivity contribution >= 4 is 23.4 Å². The van der Waals surface area contributed by atoms with Crippen molar-refractivity contribution in [1.82, 2.24) is 30.7 Å². The van der Waals surface area contributed by atoms with Crippen LogP contribution in [0.3, 0.4) is 0 Å². The molecule has 0 atom stereocenters. The van der Waals surface area contributed by atoms with Crippen molar-refractivity contribution in [2.45, 2.75) is 0 Å². The number of carbonyl (C=O) groups is 1. The van der Waals surface area contributed by atoms with Crippen molar-refractivity contribution in [3.8, 4) is 0 Å². The van der Waals surface area contributed by atoms with Crippen LogP contribution in [0.15, 0.2) is 0 Å². The lowest BCUT2D eigenvalue weighted by Crippen LogP contribution is -2.30. The number of nitro groups is 1. The van der Waals surface area contributed by atoms with Gasteiger partial charge < -0.3 is 15.6 Å². The molecule has 14 heteroatoms. The molecule has 0 saturated carbocycles. The largest absolute Gasteiger partial charge is 0.527 e. The number of aromatic nitrogens is 7. The normalized spacial score (nSPS) is 9.33. The van der Waals surface area contributed by atoms with Crippen LogP contribution in [-0.4, -0.2) is 41.8 Å². The molecule has 0 aliphatic rings. The summed E-state index contributed by atoms with van der Waals surface area (Å²) in [4.78, 5) is 19.4. The smallest absolute Gasteiger partial charge is 0.401 e. The van der Waals surface area contributed by atoms with Gasteiger partial charge in [0.1, 0.15) is 0 Å². The van der Waals surface area contributed by atoms with Crippen LogP contribution in [0.1, 0.15) is 0 Å². The number of H-pyrrole nitrogens is 2. The Kier molecular flexibility index (Phi) is 3.64. The Balaban J connectivity index is 0.000000184. The van der Waals surface area contributed by atoms with E-state index in [1.165, 1.54) is 0 Å². The predicted octanol–water partition coefficient (Wildman–Crippen LogP) is -3.84. The van der Waals surface area contributed by atoms with Crippen LogP contribution in [0, 0.1) is 10.1 Å². The molecule has 2 aromatic heterocycles. The summed E-state index contributed by atoms with van der Waals surface area (Å²) in [7, 11) is 0. The van der Waals surface area contributed by atoms with E-state index in [1.807, 2.05) is 0 Å². The summed E-state index contributed by atoms with van der Waals surface area (Å²) >= 11 is 0. The Morgan fingerprint density at radius 3 is 2.17 bits per heavy atom. The number of rotatable bonds is 1. The number of hydrogen-bond donors (Lipinski definition) is 3. The Labute approximate surface area is 96.7 Å². The average molecular weight is 258 g/mol. The highest BCUT2D eigenvalue weighted by Crippen LogP contribution is 2.21. The molecule has 2 heterocycles. The van der Waals surface area contributed by atoms with Gasteiger partial charge >= 0.3 is 11.5 Å². The molecule has 0 bridgehead atoms. The van der Waals surface area contributed by atoms with Gasteiger partial charge in [0.2, 0.25) is 5.82 Å². The number of aromatic amines is 2. The second-order valence-corrected chi connectivity index (χ2v) is 2.60. The molecule has 0 fully saturated rings. The number of hydrogen-bond acceptors (Lipinski definition) is 10. The molecule has 0 radical (unpaired) electrons. The number of anilines is 2. The maximum Gasteiger partial charge on any atom is 0.401 e. The fourth-order valence-electron chi connectivity index (χ4n) is 0.797. The molecule has 2 rings (SSSR count). The van der Waals surface area contributed by atoms with Crippen molar-refractivity contribution in [2.75, 3.05) is 11.5 Å². The van der Waals surface area contributed by atoms with Crippen molar-refractivity contribution in [2.24, 2.45) is 0 Å². The van der Waals surface area contributed by atoms with Crippen LogP contribution >= 0.6 is 0 Å². The summed E-state index contributed by atoms with van der Waals surface area (Å²) in [5, 5.41) is 36.0. The summed E-state index contributed by atoms with van der Waals surface area (Å²) < 4.78 is 0. The van der Waals surface area contributed by atoms with E-state index in [4.69, 9.17) is 11.5 Å². The molecule has 0 spiro atoms. The zero-order valence-corrected chi connectivity index (χ0v) is 8.47. The van der Waals surface area contributed by atoms with Gasteiger partial charge in [-0.25, -0.2) is 5.10 Å². The van der Waals surface area contributed by atoms with E-state index in [1.54, 1.807) is 0 Å². The monoisotopic (exact) mass is 258 g/mol. The third-order valence-corrected chi connectivity index (χ3v) is 1.48. The van der Waals surface area contributed by atoms with Gasteiger partial charge in [-0.05, 0) is 20.9 Å². The summed E-state index contributed by atoms with van der Waals surface area (Å²) in [5.41, 5.74) is 9.96. The number of nitrogens with two attached hydrogens (primary N) is 2. The molecule has 0 aromatic carbocycles. The van der Waals surface area contributed by atoms with Crippen molar-refractivity contribution < 1.29 is 19.9 Å². The van der Waals surface area contributed by atoms with Crippen LogP contribution in [0.4, 0.5) is 22.1 Å². The maximum atomic E-state index is 10.1. The molecule has 96 valence electrons. The molecule has 2 aromatic rings. The van der Waals surface area contributed by atoms with Crippen LogP contribution in [0.5, 0.6) is 0 Å². The van der Waals surface area contributed by atoms with Gasteiger partial charge in [0.05, 0.1) is 4.92 Å². The minimum atomic E-state index is -1.55. The first-order valence-electron chi connectivity index (χ1n) is 4.05. The van der Waals surface area contributed by atoms with Gasteiger partial charge in [0.15, 0.2) is 6.09 Å². The molecule has 6 N–H and O–H groups in total. The van der Waals surface area contributed by atoms with E-state index >= 15 is 0 Å². The van der Waals surface area contributed by atoms with Crippen LogP contribution in [0.2, 0.25) is 0 Å². The standard InChI is InChI=1S/C3H5N5O2.CHN5O2/c4-2-1(8(9)10)3(5)7-6-2;7-1(8)6-4-2-3-5-6/h(H5,4,5,6,7);(H,7,8). The molecule has 0 saturated heterocycles. The third kappa shape index (κ3) is 2.84. The van der Waals surface area contributed by atoms with E-state index in [0.29, 0.717) is 0 Å². The Bertz CT molecular complexity index is 525. The molecule has 0 aliphatic heterocycles. The topological polar surface area (TPSA) is 222 Å². The summed E-state index contributed by atoms with van der Waals surface area (Å²) in [6.07, 6.45) is -1.55. The van der Waals surface area contributed by atoms with Gasteiger partial charge in [-0.3, -0.25) is 15.8 Å². The zero-order valence-electron chi connectivity index (χ0n) is 8.47. The van der Waals surface area contributed by atoms with E-state index in [-0.39, 0.29) is 22.1 Å². The first-order chi connectivity index (χ1) is 8.43. The summed E-state index contributed by atoms with van der Waals surface area (Å²) in [5.74, 6) is -0.134. The van der Waals surface area contributed by atoms with Gasteiger partial charge in [0, 0.05) is 0 Å². The van der Waals surface area contributed by atoms with Crippen LogP contribution in [-0.2, 0) is 0 Å². The highest BCUT2D eigenvalue weighted by atomic mass is 16.6.